The number of nitrogens with zero attached hydrogens (tertiary/aromatic N) is 2. The van der Waals surface area contributed by atoms with Crippen LogP contribution < -0.4 is 9.47 Å². The summed E-state index contributed by atoms with van der Waals surface area (Å²) in [4.78, 5) is 14.4. The van der Waals surface area contributed by atoms with Gasteiger partial charge in [0, 0.05) is 41.2 Å². The zero-order valence-electron chi connectivity index (χ0n) is 30.7. The normalized spacial score (nSPS) is 19.0. The SMILES string of the molecule is C=CCCN1/C(=C/C=C/C=C/c2oc3c4ccccc4ccc3[n+]2CC(C)(C)C2OCCO2)C(C)(CCCCCC(=O)OCC)c2ccccc21. The van der Waals surface area contributed by atoms with E-state index in [2.05, 4.69) is 128 Å². The predicted octanol–water partition coefficient (Wildman–Crippen LogP) is 9.59. The van der Waals surface area contributed by atoms with E-state index >= 15 is 0 Å². The molecule has 4 aromatic rings. The van der Waals surface area contributed by atoms with Crippen LogP contribution in [-0.4, -0.2) is 38.6 Å². The molecular weight excluding hydrogens is 636 g/mol. The smallest absolute Gasteiger partial charge is 0.374 e. The molecule has 268 valence electrons. The van der Waals surface area contributed by atoms with E-state index in [0.717, 1.165) is 66.4 Å². The van der Waals surface area contributed by atoms with E-state index in [1.165, 1.54) is 16.9 Å². The number of esters is 1. The monoisotopic (exact) mass is 689 g/mol. The average molecular weight is 690 g/mol. The van der Waals surface area contributed by atoms with E-state index in [1.54, 1.807) is 0 Å². The van der Waals surface area contributed by atoms with Crippen LogP contribution in [0, 0.1) is 5.41 Å². The van der Waals surface area contributed by atoms with Gasteiger partial charge in [-0.3, -0.25) is 4.79 Å². The molecule has 2 aliphatic heterocycles. The minimum Gasteiger partial charge on any atom is -0.466 e. The van der Waals surface area contributed by atoms with Crippen LogP contribution in [0.25, 0.3) is 27.9 Å². The molecule has 3 heterocycles. The van der Waals surface area contributed by atoms with Crippen LogP contribution in [0.1, 0.15) is 77.7 Å². The molecule has 0 spiro atoms. The molecule has 3 aromatic carbocycles. The van der Waals surface area contributed by atoms with E-state index in [0.29, 0.717) is 32.8 Å². The fourth-order valence-corrected chi connectivity index (χ4v) is 7.65. The third kappa shape index (κ3) is 7.90. The van der Waals surface area contributed by atoms with Crippen molar-refractivity contribution in [2.75, 3.05) is 31.3 Å². The van der Waals surface area contributed by atoms with E-state index in [-0.39, 0.29) is 23.1 Å². The van der Waals surface area contributed by atoms with Crippen molar-refractivity contribution in [3.63, 3.8) is 0 Å². The van der Waals surface area contributed by atoms with Gasteiger partial charge in [0.2, 0.25) is 5.58 Å². The topological polar surface area (TPSA) is 65.0 Å². The van der Waals surface area contributed by atoms with Crippen molar-refractivity contribution in [3.8, 4) is 0 Å². The van der Waals surface area contributed by atoms with Gasteiger partial charge in [0.1, 0.15) is 0 Å². The van der Waals surface area contributed by atoms with Crippen molar-refractivity contribution in [1.29, 1.82) is 0 Å². The van der Waals surface area contributed by atoms with Gasteiger partial charge in [0.15, 0.2) is 12.8 Å². The van der Waals surface area contributed by atoms with Gasteiger partial charge in [-0.05, 0) is 76.1 Å². The Balaban J connectivity index is 1.28. The molecular formula is C44H53N2O5+. The molecule has 2 aliphatic rings. The summed E-state index contributed by atoms with van der Waals surface area (Å²) >= 11 is 0. The number of allylic oxidation sites excluding steroid dienone is 5. The van der Waals surface area contributed by atoms with E-state index < -0.39 is 0 Å². The van der Waals surface area contributed by atoms with Gasteiger partial charge >= 0.3 is 11.9 Å². The number of ether oxygens (including phenoxy) is 3. The molecule has 51 heavy (non-hydrogen) atoms. The summed E-state index contributed by atoms with van der Waals surface area (Å²) < 4.78 is 25.9. The number of hydrogen-bond donors (Lipinski definition) is 0. The van der Waals surface area contributed by atoms with Crippen molar-refractivity contribution in [2.24, 2.45) is 5.41 Å². The Morgan fingerprint density at radius 1 is 1.02 bits per heavy atom. The van der Waals surface area contributed by atoms with E-state index in [9.17, 15) is 4.79 Å². The van der Waals surface area contributed by atoms with E-state index in [4.69, 9.17) is 18.6 Å². The molecule has 7 nitrogen and oxygen atoms in total. The lowest BCUT2D eigenvalue weighted by Gasteiger charge is -2.30. The van der Waals surface area contributed by atoms with Crippen LogP contribution >= 0.6 is 0 Å². The highest BCUT2D eigenvalue weighted by molar-refractivity contribution is 6.01. The Kier molecular flexibility index (Phi) is 11.6. The Morgan fingerprint density at radius 2 is 1.80 bits per heavy atom. The zero-order valence-corrected chi connectivity index (χ0v) is 30.7. The average Bonchev–Trinajstić information content (AvgIpc) is 3.85. The highest BCUT2D eigenvalue weighted by Crippen LogP contribution is 2.50. The molecule has 1 fully saturated rings. The molecule has 1 unspecified atom stereocenters. The standard InChI is InChI=1S/C44H53N2O5/c1-6-8-29-45-36-22-17-16-21-35(36)44(5,28-18-10-13-25-40(47)48-7-2)38(45)23-11-9-12-24-39-46(32-43(3,4)42-49-30-31-50-42)37-27-26-33-19-14-15-20-34(33)41(37)51-39/h6,9,11-12,14-17,19-24,26-27,42H,1,7-8,10,13,18,25,28-32H2,2-5H3/q+1. The first kappa shape index (κ1) is 36.3. The number of oxazole rings is 1. The quantitative estimate of drug-likeness (QED) is 0.0384. The molecule has 0 saturated carbocycles. The number of rotatable bonds is 16. The lowest BCUT2D eigenvalue weighted by molar-refractivity contribution is -0.693. The van der Waals surface area contributed by atoms with Crippen molar-refractivity contribution in [3.05, 3.63) is 115 Å². The van der Waals surface area contributed by atoms with Crippen LogP contribution in [0.3, 0.4) is 0 Å². The number of benzene rings is 3. The molecule has 1 atom stereocenters. The first-order valence-electron chi connectivity index (χ1n) is 18.5. The molecule has 0 radical (unpaired) electrons. The third-order valence-corrected chi connectivity index (χ3v) is 10.2. The molecule has 7 heteroatoms. The van der Waals surface area contributed by atoms with Gasteiger partial charge in [-0.25, -0.2) is 0 Å². The summed E-state index contributed by atoms with van der Waals surface area (Å²) in [5.74, 6) is 0.671. The lowest BCUT2D eigenvalue weighted by Crippen LogP contribution is -2.47. The molecule has 0 N–H and O–H groups in total. The second-order valence-corrected chi connectivity index (χ2v) is 14.5. The molecule has 0 bridgehead atoms. The fourth-order valence-electron chi connectivity index (χ4n) is 7.65. The highest BCUT2D eigenvalue weighted by Gasteiger charge is 2.43. The van der Waals surface area contributed by atoms with Crippen molar-refractivity contribution in [1.82, 2.24) is 0 Å². The number of anilines is 1. The van der Waals surface area contributed by atoms with Crippen molar-refractivity contribution >= 4 is 39.6 Å². The number of carbonyl (C=O) groups is 1. The highest BCUT2D eigenvalue weighted by atomic mass is 16.7. The number of carbonyl (C=O) groups excluding carboxylic acids is 1. The van der Waals surface area contributed by atoms with Gasteiger partial charge < -0.3 is 23.5 Å². The largest absolute Gasteiger partial charge is 0.466 e. The minimum absolute atomic E-state index is 0.105. The Labute approximate surface area is 302 Å². The second-order valence-electron chi connectivity index (χ2n) is 14.5. The molecule has 1 saturated heterocycles. The summed E-state index contributed by atoms with van der Waals surface area (Å²) in [5.41, 5.74) is 5.38. The van der Waals surface area contributed by atoms with Gasteiger partial charge in [0.25, 0.3) is 5.52 Å². The maximum Gasteiger partial charge on any atom is 0.374 e. The first-order valence-corrected chi connectivity index (χ1v) is 18.5. The van der Waals surface area contributed by atoms with Crippen LogP contribution in [0.5, 0.6) is 0 Å². The number of aromatic nitrogens is 1. The molecule has 0 aliphatic carbocycles. The van der Waals surface area contributed by atoms with Gasteiger partial charge in [-0.15, -0.1) is 6.58 Å². The Bertz CT molecular complexity index is 1930. The summed E-state index contributed by atoms with van der Waals surface area (Å²) in [6, 6.07) is 21.4. The Morgan fingerprint density at radius 3 is 2.61 bits per heavy atom. The predicted molar refractivity (Wildman–Crippen MR) is 205 cm³/mol. The number of hydrogen-bond acceptors (Lipinski definition) is 6. The summed E-state index contributed by atoms with van der Waals surface area (Å²) in [5, 5.41) is 2.24. The Hall–Kier alpha value is -4.46. The number of fused-ring (bicyclic) bond motifs is 4. The lowest BCUT2D eigenvalue weighted by atomic mass is 9.77. The third-order valence-electron chi connectivity index (χ3n) is 10.2. The summed E-state index contributed by atoms with van der Waals surface area (Å²) in [7, 11) is 0. The molecule has 6 rings (SSSR count). The van der Waals surface area contributed by atoms with Gasteiger partial charge in [-0.1, -0.05) is 79.6 Å². The van der Waals surface area contributed by atoms with Crippen molar-refractivity contribution < 1.29 is 28.0 Å². The zero-order chi connectivity index (χ0) is 35.8. The fraction of sp³-hybridized carbons (Fsp3) is 0.409. The molecule has 0 amide bonds. The van der Waals surface area contributed by atoms with Crippen LogP contribution in [0.15, 0.2) is 108 Å². The maximum absolute atomic E-state index is 11.9. The molecule has 1 aromatic heterocycles. The van der Waals surface area contributed by atoms with Gasteiger partial charge in [0.05, 0.1) is 31.3 Å². The number of unbranched alkanes of at least 4 members (excludes halogenated alkanes) is 2. The van der Waals surface area contributed by atoms with Gasteiger partial charge in [-0.2, -0.15) is 4.57 Å². The summed E-state index contributed by atoms with van der Waals surface area (Å²) in [6.45, 7) is 15.8. The minimum atomic E-state index is -0.276. The van der Waals surface area contributed by atoms with Crippen LogP contribution in [0.4, 0.5) is 5.69 Å². The second kappa shape index (κ2) is 16.3. The van der Waals surface area contributed by atoms with Crippen LogP contribution in [0.2, 0.25) is 0 Å². The van der Waals surface area contributed by atoms with Crippen molar-refractivity contribution in [2.45, 2.75) is 84.5 Å². The summed E-state index contributed by atoms with van der Waals surface area (Å²) in [6.07, 6.45) is 17.5. The van der Waals surface area contributed by atoms with E-state index in [1.807, 2.05) is 13.0 Å². The maximum atomic E-state index is 11.9. The number of para-hydroxylation sites is 1. The first-order chi connectivity index (χ1) is 24.8. The van der Waals surface area contributed by atoms with Crippen LogP contribution in [-0.2, 0) is 31.0 Å².